The Labute approximate surface area is 221 Å². The van der Waals surface area contributed by atoms with Crippen molar-refractivity contribution >= 4 is 75.7 Å². The topological polar surface area (TPSA) is 88.9 Å². The molecule has 7 nitrogen and oxygen atoms in total. The molecule has 0 aliphatic heterocycles. The molecule has 0 bridgehead atoms. The SMILES string of the molecule is CC(C)[C@H](NC(=O)c1ccc(Cl)c(Cl)c1)c1nnc(SCC(=O)Nc2cccc(Cl)c2Cl)n1C. The Kier molecular flexibility index (Phi) is 9.12. The number of nitrogens with zero attached hydrogens (tertiary/aromatic N) is 3. The Bertz CT molecular complexity index is 1220. The van der Waals surface area contributed by atoms with Crippen LogP contribution in [0.3, 0.4) is 0 Å². The van der Waals surface area contributed by atoms with Crippen molar-refractivity contribution in [3.63, 3.8) is 0 Å². The number of amides is 2. The van der Waals surface area contributed by atoms with Crippen LogP contribution in [-0.4, -0.2) is 32.3 Å². The summed E-state index contributed by atoms with van der Waals surface area (Å²) in [5.74, 6) is 0.0702. The van der Waals surface area contributed by atoms with E-state index in [1.165, 1.54) is 17.8 Å². The van der Waals surface area contributed by atoms with E-state index in [0.717, 1.165) is 0 Å². The summed E-state index contributed by atoms with van der Waals surface area (Å²) in [7, 11) is 1.78. The summed E-state index contributed by atoms with van der Waals surface area (Å²) < 4.78 is 1.75. The minimum atomic E-state index is -0.423. The molecule has 2 amide bonds. The zero-order valence-corrected chi connectivity index (χ0v) is 22.2. The Morgan fingerprint density at radius 2 is 1.76 bits per heavy atom. The highest BCUT2D eigenvalue weighted by molar-refractivity contribution is 7.99. The molecule has 0 spiro atoms. The number of halogens is 4. The molecule has 12 heteroatoms. The summed E-state index contributed by atoms with van der Waals surface area (Å²) in [4.78, 5) is 25.2. The molecule has 180 valence electrons. The first kappa shape index (κ1) is 26.6. The van der Waals surface area contributed by atoms with E-state index in [1.807, 2.05) is 13.8 Å². The van der Waals surface area contributed by atoms with Gasteiger partial charge in [0, 0.05) is 12.6 Å². The van der Waals surface area contributed by atoms with E-state index >= 15 is 0 Å². The van der Waals surface area contributed by atoms with Crippen LogP contribution in [0.15, 0.2) is 41.6 Å². The number of hydrogen-bond acceptors (Lipinski definition) is 5. The summed E-state index contributed by atoms with van der Waals surface area (Å²) in [5, 5.41) is 16.0. The third-order valence-corrected chi connectivity index (χ3v) is 7.42. The van der Waals surface area contributed by atoms with Gasteiger partial charge in [-0.05, 0) is 36.2 Å². The average molecular weight is 561 g/mol. The first-order valence-corrected chi connectivity index (χ1v) is 12.6. The van der Waals surface area contributed by atoms with Gasteiger partial charge in [-0.15, -0.1) is 10.2 Å². The van der Waals surface area contributed by atoms with Gasteiger partial charge in [0.1, 0.15) is 0 Å². The van der Waals surface area contributed by atoms with Crippen LogP contribution >= 0.6 is 58.2 Å². The molecule has 0 saturated carbocycles. The monoisotopic (exact) mass is 559 g/mol. The third kappa shape index (κ3) is 6.37. The second-order valence-electron chi connectivity index (χ2n) is 7.66. The molecule has 34 heavy (non-hydrogen) atoms. The number of benzene rings is 2. The number of aromatic nitrogens is 3. The normalized spacial score (nSPS) is 12.0. The van der Waals surface area contributed by atoms with Crippen LogP contribution in [0.2, 0.25) is 20.1 Å². The van der Waals surface area contributed by atoms with E-state index in [-0.39, 0.29) is 28.5 Å². The number of nitrogens with one attached hydrogen (secondary N) is 2. The van der Waals surface area contributed by atoms with Gasteiger partial charge in [0.05, 0.1) is 37.6 Å². The van der Waals surface area contributed by atoms with Gasteiger partial charge in [0.2, 0.25) is 5.91 Å². The molecule has 1 aromatic heterocycles. The van der Waals surface area contributed by atoms with Gasteiger partial charge in [-0.3, -0.25) is 9.59 Å². The van der Waals surface area contributed by atoms with Crippen molar-refractivity contribution in [2.45, 2.75) is 25.0 Å². The molecule has 3 rings (SSSR count). The van der Waals surface area contributed by atoms with Crippen molar-refractivity contribution in [1.82, 2.24) is 20.1 Å². The molecule has 1 atom stereocenters. The number of anilines is 1. The van der Waals surface area contributed by atoms with Crippen molar-refractivity contribution in [3.05, 3.63) is 67.9 Å². The summed E-state index contributed by atoms with van der Waals surface area (Å²) in [6, 6.07) is 9.27. The van der Waals surface area contributed by atoms with E-state index in [0.29, 0.717) is 37.3 Å². The molecule has 0 aliphatic carbocycles. The Morgan fingerprint density at radius 1 is 1.03 bits per heavy atom. The first-order valence-electron chi connectivity index (χ1n) is 10.1. The minimum Gasteiger partial charge on any atom is -0.342 e. The summed E-state index contributed by atoms with van der Waals surface area (Å²) in [6.07, 6.45) is 0. The third-order valence-electron chi connectivity index (χ3n) is 4.84. The van der Waals surface area contributed by atoms with E-state index in [1.54, 1.807) is 41.9 Å². The van der Waals surface area contributed by atoms with Crippen LogP contribution < -0.4 is 10.6 Å². The number of carbonyl (C=O) groups excluding carboxylic acids is 2. The number of rotatable bonds is 8. The molecule has 1 heterocycles. The van der Waals surface area contributed by atoms with Crippen molar-refractivity contribution in [2.24, 2.45) is 13.0 Å². The van der Waals surface area contributed by atoms with Crippen molar-refractivity contribution in [3.8, 4) is 0 Å². The second-order valence-corrected chi connectivity index (χ2v) is 10.2. The molecule has 0 radical (unpaired) electrons. The summed E-state index contributed by atoms with van der Waals surface area (Å²) in [6.45, 7) is 3.92. The molecule has 2 N–H and O–H groups in total. The van der Waals surface area contributed by atoms with Gasteiger partial charge in [0.25, 0.3) is 5.91 Å². The van der Waals surface area contributed by atoms with Crippen LogP contribution in [-0.2, 0) is 11.8 Å². The highest BCUT2D eigenvalue weighted by atomic mass is 35.5. The Hall–Kier alpha value is -1.97. The maximum atomic E-state index is 12.8. The first-order chi connectivity index (χ1) is 16.1. The Balaban J connectivity index is 1.69. The van der Waals surface area contributed by atoms with E-state index in [9.17, 15) is 9.59 Å². The number of hydrogen-bond donors (Lipinski definition) is 2. The maximum Gasteiger partial charge on any atom is 0.251 e. The molecule has 3 aromatic rings. The molecule has 0 fully saturated rings. The van der Waals surface area contributed by atoms with Crippen LogP contribution in [0.5, 0.6) is 0 Å². The molecular weight excluding hydrogens is 540 g/mol. The van der Waals surface area contributed by atoms with E-state index < -0.39 is 6.04 Å². The molecule has 2 aromatic carbocycles. The van der Waals surface area contributed by atoms with Gasteiger partial charge in [-0.25, -0.2) is 0 Å². The highest BCUT2D eigenvalue weighted by Crippen LogP contribution is 2.30. The molecular formula is C22H21Cl4N5O2S. The smallest absolute Gasteiger partial charge is 0.251 e. The average Bonchev–Trinajstić information content (AvgIpc) is 3.15. The predicted molar refractivity (Wildman–Crippen MR) is 138 cm³/mol. The lowest BCUT2D eigenvalue weighted by Gasteiger charge is -2.22. The maximum absolute atomic E-state index is 12.8. The fraction of sp³-hybridized carbons (Fsp3) is 0.273. The van der Waals surface area contributed by atoms with Crippen molar-refractivity contribution < 1.29 is 9.59 Å². The summed E-state index contributed by atoms with van der Waals surface area (Å²) in [5.41, 5.74) is 0.816. The van der Waals surface area contributed by atoms with Gasteiger partial charge < -0.3 is 15.2 Å². The zero-order valence-electron chi connectivity index (χ0n) is 18.4. The van der Waals surface area contributed by atoms with Crippen LogP contribution in [0, 0.1) is 5.92 Å². The lowest BCUT2D eigenvalue weighted by atomic mass is 10.0. The van der Waals surface area contributed by atoms with Gasteiger partial charge in [-0.2, -0.15) is 0 Å². The van der Waals surface area contributed by atoms with Crippen LogP contribution in [0.4, 0.5) is 5.69 Å². The fourth-order valence-corrected chi connectivity index (χ4v) is 4.39. The quantitative estimate of drug-likeness (QED) is 0.316. The van der Waals surface area contributed by atoms with Crippen molar-refractivity contribution in [2.75, 3.05) is 11.1 Å². The van der Waals surface area contributed by atoms with Crippen LogP contribution in [0.1, 0.15) is 36.1 Å². The second kappa shape index (κ2) is 11.6. The molecule has 0 aliphatic rings. The molecule has 0 unspecified atom stereocenters. The van der Waals surface area contributed by atoms with Gasteiger partial charge in [-0.1, -0.05) is 78.1 Å². The zero-order chi connectivity index (χ0) is 25.0. The standard InChI is InChI=1S/C22H21Cl4N5O2S/c1-11(2)19(28-21(33)12-7-8-13(23)15(25)9-12)20-29-30-22(31(20)3)34-10-17(32)27-16-6-4-5-14(24)18(16)26/h4-9,11,19H,10H2,1-3H3,(H,27,32)(H,28,33)/t19-/m0/s1. The van der Waals surface area contributed by atoms with Gasteiger partial charge >= 0.3 is 0 Å². The number of carbonyl (C=O) groups is 2. The lowest BCUT2D eigenvalue weighted by Crippen LogP contribution is -2.33. The summed E-state index contributed by atoms with van der Waals surface area (Å²) >= 11 is 25.3. The van der Waals surface area contributed by atoms with E-state index in [4.69, 9.17) is 46.4 Å². The lowest BCUT2D eigenvalue weighted by molar-refractivity contribution is -0.113. The minimum absolute atomic E-state index is 0.0146. The predicted octanol–water partition coefficient (Wildman–Crippen LogP) is 6.29. The van der Waals surface area contributed by atoms with Crippen LogP contribution in [0.25, 0.3) is 0 Å². The highest BCUT2D eigenvalue weighted by Gasteiger charge is 2.25. The fourth-order valence-electron chi connectivity index (χ4n) is 3.03. The molecule has 0 saturated heterocycles. The van der Waals surface area contributed by atoms with Crippen molar-refractivity contribution in [1.29, 1.82) is 0 Å². The largest absolute Gasteiger partial charge is 0.342 e. The number of thioether (sulfide) groups is 1. The Morgan fingerprint density at radius 3 is 2.44 bits per heavy atom. The van der Waals surface area contributed by atoms with Gasteiger partial charge in [0.15, 0.2) is 11.0 Å². The van der Waals surface area contributed by atoms with E-state index in [2.05, 4.69) is 20.8 Å².